The second-order valence-electron chi connectivity index (χ2n) is 4.24. The Balaban J connectivity index is 0.000000728. The number of rotatable bonds is 11. The third-order valence-corrected chi connectivity index (χ3v) is 2.32. The summed E-state index contributed by atoms with van der Waals surface area (Å²) in [5.41, 5.74) is 10.8. The van der Waals surface area contributed by atoms with Crippen LogP contribution in [0.15, 0.2) is 0 Å². The van der Waals surface area contributed by atoms with Crippen molar-refractivity contribution in [2.75, 3.05) is 52.4 Å². The molecule has 0 saturated carbocycles. The molecule has 1 rings (SSSR count). The molecule has 1 aliphatic rings. The summed E-state index contributed by atoms with van der Waals surface area (Å²) in [6.07, 6.45) is 4.63. The summed E-state index contributed by atoms with van der Waals surface area (Å²) in [5.74, 6) is 0. The van der Waals surface area contributed by atoms with Crippen LogP contribution >= 0.6 is 0 Å². The molecule has 0 atom stereocenters. The van der Waals surface area contributed by atoms with E-state index >= 15 is 0 Å². The van der Waals surface area contributed by atoms with Crippen molar-refractivity contribution in [2.24, 2.45) is 11.5 Å². The van der Waals surface area contributed by atoms with Crippen molar-refractivity contribution in [1.29, 1.82) is 0 Å². The summed E-state index contributed by atoms with van der Waals surface area (Å²) in [4.78, 5) is 0. The number of nitrogens with one attached hydrogen (secondary N) is 3. The van der Waals surface area contributed by atoms with Crippen LogP contribution in [-0.4, -0.2) is 52.4 Å². The number of nitrogens with two attached hydrogens (primary N) is 2. The average Bonchev–Trinajstić information content (AvgIpc) is 3.19. The smallest absolute Gasteiger partial charge is 0.00772 e. The van der Waals surface area contributed by atoms with Crippen LogP contribution in [0.1, 0.15) is 25.7 Å². The maximum Gasteiger partial charge on any atom is 0.00772 e. The number of unbranched alkanes of at least 4 members (excludes halogenated alkanes) is 1. The molecule has 1 heterocycles. The Morgan fingerprint density at radius 2 is 1.06 bits per heavy atom. The minimum Gasteiger partial charge on any atom is -0.330 e. The fourth-order valence-corrected chi connectivity index (χ4v) is 1.20. The van der Waals surface area contributed by atoms with Gasteiger partial charge in [0.05, 0.1) is 0 Å². The van der Waals surface area contributed by atoms with E-state index in [-0.39, 0.29) is 0 Å². The zero-order valence-corrected chi connectivity index (χ0v) is 11.1. The molecule has 5 nitrogen and oxygen atoms in total. The Bertz CT molecular complexity index is 115. The molecular weight excluding hydrogens is 214 g/mol. The van der Waals surface area contributed by atoms with Crippen LogP contribution in [0, 0.1) is 0 Å². The largest absolute Gasteiger partial charge is 0.330 e. The fraction of sp³-hybridized carbons (Fsp3) is 1.00. The van der Waals surface area contributed by atoms with E-state index in [9.17, 15) is 0 Å². The van der Waals surface area contributed by atoms with Crippen LogP contribution in [0.4, 0.5) is 0 Å². The molecule has 0 aromatic heterocycles. The molecule has 7 N–H and O–H groups in total. The minimum atomic E-state index is 0.785. The molecule has 17 heavy (non-hydrogen) atoms. The Labute approximate surface area is 106 Å². The second-order valence-corrected chi connectivity index (χ2v) is 4.24. The molecule has 0 aromatic rings. The number of hydrogen-bond donors (Lipinski definition) is 5. The first-order valence-corrected chi connectivity index (χ1v) is 6.94. The lowest BCUT2D eigenvalue weighted by Gasteiger charge is -2.04. The van der Waals surface area contributed by atoms with E-state index in [1.165, 1.54) is 25.9 Å². The summed E-state index contributed by atoms with van der Waals surface area (Å²) < 4.78 is 0. The Kier molecular flexibility index (Phi) is 15.6. The fourth-order valence-electron chi connectivity index (χ4n) is 1.20. The molecule has 1 aliphatic heterocycles. The van der Waals surface area contributed by atoms with Crippen molar-refractivity contribution in [3.63, 3.8) is 0 Å². The molecule has 1 saturated heterocycles. The van der Waals surface area contributed by atoms with Crippen LogP contribution < -0.4 is 27.4 Å². The number of hydrogen-bond acceptors (Lipinski definition) is 5. The van der Waals surface area contributed by atoms with Gasteiger partial charge < -0.3 is 27.4 Å². The lowest BCUT2D eigenvalue weighted by Crippen LogP contribution is -2.22. The molecule has 0 amide bonds. The van der Waals surface area contributed by atoms with Gasteiger partial charge in [0.2, 0.25) is 0 Å². The third kappa shape index (κ3) is 21.6. The Morgan fingerprint density at radius 3 is 1.35 bits per heavy atom. The van der Waals surface area contributed by atoms with Gasteiger partial charge in [-0.1, -0.05) is 0 Å². The highest BCUT2D eigenvalue weighted by Gasteiger charge is 1.91. The van der Waals surface area contributed by atoms with Gasteiger partial charge in [0.25, 0.3) is 0 Å². The Hall–Kier alpha value is -0.200. The highest BCUT2D eigenvalue weighted by atomic mass is 15.0. The highest BCUT2D eigenvalue weighted by Crippen LogP contribution is 1.85. The van der Waals surface area contributed by atoms with Crippen molar-refractivity contribution in [3.05, 3.63) is 0 Å². The van der Waals surface area contributed by atoms with Crippen molar-refractivity contribution >= 4 is 0 Å². The SMILES string of the molecule is C1CN1.NCCCNCCCCNCCCN. The maximum atomic E-state index is 5.38. The van der Waals surface area contributed by atoms with Crippen LogP contribution in [0.2, 0.25) is 0 Å². The topological polar surface area (TPSA) is 98.0 Å². The molecule has 0 aromatic carbocycles. The first-order valence-electron chi connectivity index (χ1n) is 6.94. The molecule has 0 aliphatic carbocycles. The molecule has 5 heteroatoms. The van der Waals surface area contributed by atoms with Gasteiger partial charge in [-0.25, -0.2) is 0 Å². The minimum absolute atomic E-state index is 0.785. The summed E-state index contributed by atoms with van der Waals surface area (Å²) in [6.45, 7) is 8.40. The van der Waals surface area contributed by atoms with Crippen LogP contribution in [0.5, 0.6) is 0 Å². The van der Waals surface area contributed by atoms with Gasteiger partial charge in [-0.15, -0.1) is 0 Å². The first-order chi connectivity index (χ1) is 8.41. The van der Waals surface area contributed by atoms with Crippen molar-refractivity contribution in [2.45, 2.75) is 25.7 Å². The van der Waals surface area contributed by atoms with Crippen LogP contribution in [0.3, 0.4) is 0 Å². The van der Waals surface area contributed by atoms with E-state index in [1.54, 1.807) is 0 Å². The molecule has 0 unspecified atom stereocenters. The standard InChI is InChI=1S/C10H26N4.C2H5N/c11-5-3-9-13-7-1-2-8-14-10-4-6-12;1-2-3-1/h13-14H,1-12H2;3H,1-2H2. The molecule has 1 fully saturated rings. The van der Waals surface area contributed by atoms with Gasteiger partial charge >= 0.3 is 0 Å². The van der Waals surface area contributed by atoms with E-state index in [4.69, 9.17) is 11.5 Å². The van der Waals surface area contributed by atoms with Crippen LogP contribution in [0.25, 0.3) is 0 Å². The van der Waals surface area contributed by atoms with E-state index in [0.717, 1.165) is 52.1 Å². The van der Waals surface area contributed by atoms with Gasteiger partial charge in [0.1, 0.15) is 0 Å². The normalized spacial score (nSPS) is 13.1. The maximum absolute atomic E-state index is 5.38. The van der Waals surface area contributed by atoms with Crippen molar-refractivity contribution in [3.8, 4) is 0 Å². The van der Waals surface area contributed by atoms with Crippen LogP contribution in [-0.2, 0) is 0 Å². The zero-order valence-electron chi connectivity index (χ0n) is 11.1. The predicted octanol–water partition coefficient (Wildman–Crippen LogP) is -0.767. The molecular formula is C12H31N5. The van der Waals surface area contributed by atoms with Crippen molar-refractivity contribution < 1.29 is 0 Å². The summed E-state index contributed by atoms with van der Waals surface area (Å²) in [7, 11) is 0. The monoisotopic (exact) mass is 245 g/mol. The lowest BCUT2D eigenvalue weighted by molar-refractivity contribution is 0.570. The van der Waals surface area contributed by atoms with Gasteiger partial charge in [-0.2, -0.15) is 0 Å². The highest BCUT2D eigenvalue weighted by molar-refractivity contribution is 4.58. The molecule has 104 valence electrons. The van der Waals surface area contributed by atoms with Gasteiger partial charge in [-0.3, -0.25) is 0 Å². The Morgan fingerprint density at radius 1 is 0.706 bits per heavy atom. The van der Waals surface area contributed by atoms with E-state index < -0.39 is 0 Å². The average molecular weight is 245 g/mol. The zero-order chi connectivity index (χ0) is 12.6. The van der Waals surface area contributed by atoms with Gasteiger partial charge in [0.15, 0.2) is 0 Å². The molecule has 0 spiro atoms. The summed E-state index contributed by atoms with van der Waals surface area (Å²) in [6, 6.07) is 0. The first kappa shape index (κ1) is 16.8. The van der Waals surface area contributed by atoms with Gasteiger partial charge in [-0.05, 0) is 65.0 Å². The third-order valence-electron chi connectivity index (χ3n) is 2.32. The molecule has 0 radical (unpaired) electrons. The summed E-state index contributed by atoms with van der Waals surface area (Å²) >= 11 is 0. The second kappa shape index (κ2) is 15.8. The lowest BCUT2D eigenvalue weighted by atomic mass is 10.3. The predicted molar refractivity (Wildman–Crippen MR) is 75.2 cm³/mol. The summed E-state index contributed by atoms with van der Waals surface area (Å²) in [5, 5.41) is 9.72. The van der Waals surface area contributed by atoms with E-state index in [1.807, 2.05) is 0 Å². The van der Waals surface area contributed by atoms with E-state index in [0.29, 0.717) is 0 Å². The quantitative estimate of drug-likeness (QED) is 0.243. The van der Waals surface area contributed by atoms with Gasteiger partial charge in [0, 0.05) is 13.1 Å². The molecule has 0 bridgehead atoms. The van der Waals surface area contributed by atoms with Crippen molar-refractivity contribution in [1.82, 2.24) is 16.0 Å². The van der Waals surface area contributed by atoms with E-state index in [2.05, 4.69) is 16.0 Å².